The highest BCUT2D eigenvalue weighted by Crippen LogP contribution is 2.29. The molecule has 4 nitrogen and oxygen atoms in total. The molecule has 0 radical (unpaired) electrons. The molecule has 4 atom stereocenters. The predicted molar refractivity (Wildman–Crippen MR) is 50.5 cm³/mol. The second kappa shape index (κ2) is 4.75. The van der Waals surface area contributed by atoms with Crippen LogP contribution in [0.25, 0.3) is 0 Å². The Morgan fingerprint density at radius 1 is 1.36 bits per heavy atom. The molecular weight excluding hydrogens is 184 g/mol. The maximum Gasteiger partial charge on any atom is 0.311 e. The van der Waals surface area contributed by atoms with Crippen molar-refractivity contribution in [2.45, 2.75) is 38.9 Å². The molecule has 2 N–H and O–H groups in total. The van der Waals surface area contributed by atoms with Crippen LogP contribution in [0.3, 0.4) is 0 Å². The summed E-state index contributed by atoms with van der Waals surface area (Å²) in [4.78, 5) is 11.4. The van der Waals surface area contributed by atoms with Crippen LogP contribution in [0.1, 0.15) is 26.7 Å². The Balaban J connectivity index is 2.56. The third-order valence-corrected chi connectivity index (χ3v) is 2.82. The molecule has 0 aromatic carbocycles. The summed E-state index contributed by atoms with van der Waals surface area (Å²) in [7, 11) is 0. The van der Waals surface area contributed by atoms with Crippen molar-refractivity contribution in [1.29, 1.82) is 0 Å². The Bertz CT molecular complexity index is 204. The van der Waals surface area contributed by atoms with Crippen molar-refractivity contribution in [3.05, 3.63) is 0 Å². The molecule has 1 rings (SSSR count). The molecule has 14 heavy (non-hydrogen) atoms. The first-order valence-corrected chi connectivity index (χ1v) is 5.09. The Morgan fingerprint density at radius 3 is 2.57 bits per heavy atom. The number of hydrogen-bond acceptors (Lipinski definition) is 4. The van der Waals surface area contributed by atoms with Gasteiger partial charge in [0.2, 0.25) is 0 Å². The molecule has 0 saturated heterocycles. The lowest BCUT2D eigenvalue weighted by Crippen LogP contribution is -2.41. The lowest BCUT2D eigenvalue weighted by Gasteiger charge is -2.33. The molecule has 0 aliphatic heterocycles. The van der Waals surface area contributed by atoms with E-state index in [4.69, 9.17) is 4.74 Å². The van der Waals surface area contributed by atoms with Gasteiger partial charge in [-0.3, -0.25) is 4.79 Å². The van der Waals surface area contributed by atoms with Crippen molar-refractivity contribution in [3.63, 3.8) is 0 Å². The molecule has 4 heteroatoms. The van der Waals surface area contributed by atoms with Crippen molar-refractivity contribution < 1.29 is 19.7 Å². The zero-order valence-corrected chi connectivity index (χ0v) is 8.64. The summed E-state index contributed by atoms with van der Waals surface area (Å²) in [5, 5.41) is 19.2. The number of ether oxygens (including phenoxy) is 1. The molecule has 1 fully saturated rings. The second-order valence-corrected chi connectivity index (χ2v) is 3.94. The number of aliphatic hydroxyl groups is 2. The quantitative estimate of drug-likeness (QED) is 0.633. The highest BCUT2D eigenvalue weighted by atomic mass is 16.5. The monoisotopic (exact) mass is 202 g/mol. The van der Waals surface area contributed by atoms with Gasteiger partial charge >= 0.3 is 5.97 Å². The van der Waals surface area contributed by atoms with Gasteiger partial charge in [-0.25, -0.2) is 0 Å². The first kappa shape index (κ1) is 11.5. The molecule has 0 unspecified atom stereocenters. The van der Waals surface area contributed by atoms with Crippen molar-refractivity contribution in [1.82, 2.24) is 0 Å². The molecule has 0 aromatic heterocycles. The van der Waals surface area contributed by atoms with E-state index in [9.17, 15) is 15.0 Å². The van der Waals surface area contributed by atoms with Crippen LogP contribution in [-0.4, -0.2) is 35.0 Å². The average Bonchev–Trinajstić information content (AvgIpc) is 2.11. The Kier molecular flexibility index (Phi) is 3.89. The Hall–Kier alpha value is -0.610. The molecule has 1 saturated carbocycles. The predicted octanol–water partition coefficient (Wildman–Crippen LogP) is 0.317. The van der Waals surface area contributed by atoms with E-state index < -0.39 is 24.1 Å². The summed E-state index contributed by atoms with van der Waals surface area (Å²) in [6.45, 7) is 3.91. The van der Waals surface area contributed by atoms with E-state index in [0.717, 1.165) is 0 Å². The summed E-state index contributed by atoms with van der Waals surface area (Å²) in [5.74, 6) is -0.900. The fourth-order valence-electron chi connectivity index (χ4n) is 1.85. The molecule has 1 aliphatic carbocycles. The Labute approximate surface area is 83.9 Å². The van der Waals surface area contributed by atoms with Crippen LogP contribution in [0.5, 0.6) is 0 Å². The van der Waals surface area contributed by atoms with E-state index in [1.165, 1.54) is 0 Å². The topological polar surface area (TPSA) is 66.8 Å². The highest BCUT2D eigenvalue weighted by Gasteiger charge is 2.37. The number of aliphatic hydroxyl groups excluding tert-OH is 2. The summed E-state index contributed by atoms with van der Waals surface area (Å²) in [6, 6.07) is 0. The van der Waals surface area contributed by atoms with Gasteiger partial charge in [-0.05, 0) is 25.7 Å². The number of hydrogen-bond donors (Lipinski definition) is 2. The van der Waals surface area contributed by atoms with Crippen LogP contribution in [-0.2, 0) is 9.53 Å². The van der Waals surface area contributed by atoms with Crippen LogP contribution >= 0.6 is 0 Å². The van der Waals surface area contributed by atoms with Gasteiger partial charge in [0.05, 0.1) is 24.7 Å². The van der Waals surface area contributed by atoms with Gasteiger partial charge in [0.15, 0.2) is 0 Å². The number of carbonyl (C=O) groups excluding carboxylic acids is 1. The van der Waals surface area contributed by atoms with Crippen LogP contribution < -0.4 is 0 Å². The van der Waals surface area contributed by atoms with E-state index in [-0.39, 0.29) is 5.92 Å². The normalized spacial score (nSPS) is 38.0. The summed E-state index contributed by atoms with van der Waals surface area (Å²) >= 11 is 0. The third kappa shape index (κ3) is 2.45. The highest BCUT2D eigenvalue weighted by molar-refractivity contribution is 5.73. The van der Waals surface area contributed by atoms with Crippen LogP contribution in [0, 0.1) is 11.8 Å². The molecule has 0 spiro atoms. The van der Waals surface area contributed by atoms with Gasteiger partial charge in [-0.1, -0.05) is 6.92 Å². The van der Waals surface area contributed by atoms with Gasteiger partial charge in [-0.2, -0.15) is 0 Å². The molecule has 0 bridgehead atoms. The van der Waals surface area contributed by atoms with Gasteiger partial charge in [-0.15, -0.1) is 0 Å². The Morgan fingerprint density at radius 2 is 2.00 bits per heavy atom. The fourth-order valence-corrected chi connectivity index (χ4v) is 1.85. The standard InChI is InChI=1S/C10H18O4/c1-3-14-10(13)7-5-8(11)6(2)4-9(7)12/h6-9,11-12H,3-5H2,1-2H3/t6-,7+,8-,9-/m1/s1. The van der Waals surface area contributed by atoms with E-state index in [1.807, 2.05) is 6.92 Å². The maximum atomic E-state index is 11.4. The van der Waals surface area contributed by atoms with Crippen molar-refractivity contribution in [3.8, 4) is 0 Å². The number of esters is 1. The van der Waals surface area contributed by atoms with E-state index in [2.05, 4.69) is 0 Å². The van der Waals surface area contributed by atoms with Crippen molar-refractivity contribution >= 4 is 5.97 Å². The number of carbonyl (C=O) groups is 1. The SMILES string of the molecule is CCOC(=O)[C@H]1C[C@@H](O)[C@H](C)C[C@H]1O. The van der Waals surface area contributed by atoms with Gasteiger partial charge < -0.3 is 14.9 Å². The van der Waals surface area contributed by atoms with Crippen LogP contribution in [0.2, 0.25) is 0 Å². The van der Waals surface area contributed by atoms with Crippen molar-refractivity contribution in [2.24, 2.45) is 11.8 Å². The summed E-state index contributed by atoms with van der Waals surface area (Å²) in [5.41, 5.74) is 0. The lowest BCUT2D eigenvalue weighted by atomic mass is 9.79. The first-order chi connectivity index (χ1) is 6.56. The van der Waals surface area contributed by atoms with E-state index in [0.29, 0.717) is 19.4 Å². The smallest absolute Gasteiger partial charge is 0.311 e. The molecule has 0 heterocycles. The average molecular weight is 202 g/mol. The second-order valence-electron chi connectivity index (χ2n) is 3.94. The molecule has 82 valence electrons. The zero-order valence-electron chi connectivity index (χ0n) is 8.64. The van der Waals surface area contributed by atoms with Gasteiger partial charge in [0.25, 0.3) is 0 Å². The van der Waals surface area contributed by atoms with E-state index in [1.54, 1.807) is 6.92 Å². The first-order valence-electron chi connectivity index (χ1n) is 5.09. The van der Waals surface area contributed by atoms with Gasteiger partial charge in [0.1, 0.15) is 0 Å². The molecule has 1 aliphatic rings. The van der Waals surface area contributed by atoms with Crippen LogP contribution in [0.15, 0.2) is 0 Å². The molecule has 0 aromatic rings. The minimum Gasteiger partial charge on any atom is -0.466 e. The van der Waals surface area contributed by atoms with Crippen molar-refractivity contribution in [2.75, 3.05) is 6.61 Å². The summed E-state index contributed by atoms with van der Waals surface area (Å²) in [6.07, 6.45) is -0.411. The van der Waals surface area contributed by atoms with E-state index >= 15 is 0 Å². The lowest BCUT2D eigenvalue weighted by molar-refractivity contribution is -0.157. The van der Waals surface area contributed by atoms with Crippen LogP contribution in [0.4, 0.5) is 0 Å². The number of rotatable bonds is 2. The summed E-state index contributed by atoms with van der Waals surface area (Å²) < 4.78 is 4.83. The zero-order chi connectivity index (χ0) is 10.7. The third-order valence-electron chi connectivity index (χ3n) is 2.82. The molecule has 0 amide bonds. The minimum atomic E-state index is -0.674. The molecular formula is C10H18O4. The van der Waals surface area contributed by atoms with Gasteiger partial charge in [0, 0.05) is 0 Å². The maximum absolute atomic E-state index is 11.4. The largest absolute Gasteiger partial charge is 0.466 e. The fraction of sp³-hybridized carbons (Fsp3) is 0.900. The minimum absolute atomic E-state index is 0.0516.